The van der Waals surface area contributed by atoms with Crippen LogP contribution in [0.15, 0.2) is 72.9 Å². The lowest BCUT2D eigenvalue weighted by Gasteiger charge is -2.28. The zero-order valence-corrected chi connectivity index (χ0v) is 15.7. The van der Waals surface area contributed by atoms with Crippen molar-refractivity contribution in [3.05, 3.63) is 78.6 Å². The molecule has 0 atom stereocenters. The smallest absolute Gasteiger partial charge is 0.274 e. The number of pyridine rings is 1. The molecule has 28 heavy (non-hydrogen) atoms. The van der Waals surface area contributed by atoms with Crippen molar-refractivity contribution in [2.75, 3.05) is 23.3 Å². The van der Waals surface area contributed by atoms with Crippen LogP contribution in [-0.4, -0.2) is 24.0 Å². The first-order valence-electron chi connectivity index (χ1n) is 9.64. The number of rotatable bonds is 5. The van der Waals surface area contributed by atoms with Crippen molar-refractivity contribution in [3.63, 3.8) is 0 Å². The molecule has 1 saturated heterocycles. The molecule has 2 heterocycles. The number of nitrogens with zero attached hydrogens (tertiary/aromatic N) is 2. The molecule has 1 fully saturated rings. The summed E-state index contributed by atoms with van der Waals surface area (Å²) in [4.78, 5) is 19.4. The lowest BCUT2D eigenvalue weighted by molar-refractivity contribution is 0.102. The third-order valence-electron chi connectivity index (χ3n) is 4.81. The number of benzene rings is 2. The minimum atomic E-state index is -0.255. The van der Waals surface area contributed by atoms with Crippen molar-refractivity contribution in [3.8, 4) is 11.5 Å². The number of nitrogens with one attached hydrogen (secondary N) is 1. The molecule has 0 spiro atoms. The summed E-state index contributed by atoms with van der Waals surface area (Å²) in [6.45, 7) is 2.11. The maximum absolute atomic E-state index is 12.7. The molecule has 2 aromatic carbocycles. The molecular formula is C23H23N3O2. The van der Waals surface area contributed by atoms with Crippen LogP contribution in [-0.2, 0) is 0 Å². The van der Waals surface area contributed by atoms with Crippen LogP contribution in [0.25, 0.3) is 0 Å². The fourth-order valence-corrected chi connectivity index (χ4v) is 3.32. The number of carbonyl (C=O) groups is 1. The van der Waals surface area contributed by atoms with Gasteiger partial charge in [-0.2, -0.15) is 0 Å². The van der Waals surface area contributed by atoms with Gasteiger partial charge in [0.05, 0.1) is 17.6 Å². The number of amides is 1. The SMILES string of the molecule is O=C(Nc1ccccc1Oc1ccccc1)c1ccc(N2CCCCC2)cn1. The van der Waals surface area contributed by atoms with Crippen molar-refractivity contribution in [1.82, 2.24) is 4.98 Å². The van der Waals surface area contributed by atoms with E-state index in [0.717, 1.165) is 18.8 Å². The molecule has 3 aromatic rings. The van der Waals surface area contributed by atoms with Gasteiger partial charge in [-0.15, -0.1) is 0 Å². The Morgan fingerprint density at radius 3 is 2.39 bits per heavy atom. The fourth-order valence-electron chi connectivity index (χ4n) is 3.32. The summed E-state index contributed by atoms with van der Waals surface area (Å²) in [7, 11) is 0. The van der Waals surface area contributed by atoms with Gasteiger partial charge >= 0.3 is 0 Å². The Labute approximate surface area is 165 Å². The Morgan fingerprint density at radius 1 is 0.893 bits per heavy atom. The maximum atomic E-state index is 12.7. The number of hydrogen-bond acceptors (Lipinski definition) is 4. The van der Waals surface area contributed by atoms with E-state index in [0.29, 0.717) is 22.9 Å². The summed E-state index contributed by atoms with van der Waals surface area (Å²) in [6, 6.07) is 20.6. The van der Waals surface area contributed by atoms with Crippen LogP contribution >= 0.6 is 0 Å². The molecule has 0 bridgehead atoms. The molecule has 0 radical (unpaired) electrons. The summed E-state index contributed by atoms with van der Waals surface area (Å²) >= 11 is 0. The van der Waals surface area contributed by atoms with Crippen LogP contribution in [0.5, 0.6) is 11.5 Å². The van der Waals surface area contributed by atoms with E-state index in [-0.39, 0.29) is 5.91 Å². The summed E-state index contributed by atoms with van der Waals surface area (Å²) in [5.41, 5.74) is 2.07. The van der Waals surface area contributed by atoms with Gasteiger partial charge in [-0.1, -0.05) is 30.3 Å². The van der Waals surface area contributed by atoms with E-state index in [1.807, 2.05) is 60.7 Å². The predicted octanol–water partition coefficient (Wildman–Crippen LogP) is 5.12. The van der Waals surface area contributed by atoms with Crippen LogP contribution in [0.2, 0.25) is 0 Å². The highest BCUT2D eigenvalue weighted by molar-refractivity contribution is 6.03. The second-order valence-electron chi connectivity index (χ2n) is 6.81. The number of hydrogen-bond donors (Lipinski definition) is 1. The molecule has 5 nitrogen and oxygen atoms in total. The first-order valence-corrected chi connectivity index (χ1v) is 9.64. The molecule has 0 aliphatic carbocycles. The number of anilines is 2. The lowest BCUT2D eigenvalue weighted by Crippen LogP contribution is -2.29. The van der Waals surface area contributed by atoms with E-state index in [1.54, 1.807) is 12.3 Å². The molecule has 1 N–H and O–H groups in total. The first-order chi connectivity index (χ1) is 13.8. The highest BCUT2D eigenvalue weighted by Gasteiger charge is 2.14. The van der Waals surface area contributed by atoms with Crippen molar-refractivity contribution in [1.29, 1.82) is 0 Å². The second-order valence-corrected chi connectivity index (χ2v) is 6.81. The number of para-hydroxylation sites is 3. The van der Waals surface area contributed by atoms with Crippen LogP contribution in [0.3, 0.4) is 0 Å². The van der Waals surface area contributed by atoms with Gasteiger partial charge in [-0.25, -0.2) is 4.98 Å². The first kappa shape index (κ1) is 18.0. The minimum Gasteiger partial charge on any atom is -0.455 e. The summed E-state index contributed by atoms with van der Waals surface area (Å²) in [5.74, 6) is 1.05. The van der Waals surface area contributed by atoms with Crippen molar-refractivity contribution < 1.29 is 9.53 Å². The summed E-state index contributed by atoms with van der Waals surface area (Å²) < 4.78 is 5.90. The van der Waals surface area contributed by atoms with Gasteiger partial charge in [-0.05, 0) is 55.7 Å². The van der Waals surface area contributed by atoms with E-state index in [4.69, 9.17) is 4.74 Å². The average Bonchev–Trinajstić information content (AvgIpc) is 2.76. The van der Waals surface area contributed by atoms with Crippen LogP contribution in [0, 0.1) is 0 Å². The van der Waals surface area contributed by atoms with E-state index in [2.05, 4.69) is 15.2 Å². The Bertz CT molecular complexity index is 920. The van der Waals surface area contributed by atoms with Gasteiger partial charge in [-0.3, -0.25) is 4.79 Å². The van der Waals surface area contributed by atoms with Gasteiger partial charge < -0.3 is 15.0 Å². The standard InChI is InChI=1S/C23H23N3O2/c27-23(21-14-13-18(17-24-21)26-15-7-2-8-16-26)25-20-11-5-6-12-22(20)28-19-9-3-1-4-10-19/h1,3-6,9-14,17H,2,7-8,15-16H2,(H,25,27). The van der Waals surface area contributed by atoms with Crippen molar-refractivity contribution in [2.24, 2.45) is 0 Å². The maximum Gasteiger partial charge on any atom is 0.274 e. The number of carbonyl (C=O) groups excluding carboxylic acids is 1. The van der Waals surface area contributed by atoms with Crippen molar-refractivity contribution >= 4 is 17.3 Å². The Balaban J connectivity index is 1.46. The van der Waals surface area contributed by atoms with Crippen LogP contribution < -0.4 is 15.0 Å². The molecule has 0 saturated carbocycles. The van der Waals surface area contributed by atoms with Gasteiger partial charge in [0.25, 0.3) is 5.91 Å². The van der Waals surface area contributed by atoms with Crippen LogP contribution in [0.1, 0.15) is 29.8 Å². The van der Waals surface area contributed by atoms with E-state index < -0.39 is 0 Å². The van der Waals surface area contributed by atoms with Gasteiger partial charge in [0.2, 0.25) is 0 Å². The van der Waals surface area contributed by atoms with E-state index in [1.165, 1.54) is 19.3 Å². The molecule has 1 aliphatic rings. The topological polar surface area (TPSA) is 54.5 Å². The zero-order valence-electron chi connectivity index (χ0n) is 15.7. The molecule has 1 aromatic heterocycles. The van der Waals surface area contributed by atoms with E-state index >= 15 is 0 Å². The zero-order chi connectivity index (χ0) is 19.2. The molecule has 5 heteroatoms. The highest BCUT2D eigenvalue weighted by atomic mass is 16.5. The highest BCUT2D eigenvalue weighted by Crippen LogP contribution is 2.29. The van der Waals surface area contributed by atoms with Gasteiger partial charge in [0.1, 0.15) is 11.4 Å². The fraction of sp³-hybridized carbons (Fsp3) is 0.217. The van der Waals surface area contributed by atoms with E-state index in [9.17, 15) is 4.79 Å². The number of aromatic nitrogens is 1. The van der Waals surface area contributed by atoms with Gasteiger partial charge in [0, 0.05) is 13.1 Å². The molecule has 1 aliphatic heterocycles. The number of ether oxygens (including phenoxy) is 1. The molecular weight excluding hydrogens is 350 g/mol. The summed E-state index contributed by atoms with van der Waals surface area (Å²) in [5, 5.41) is 2.91. The molecule has 1 amide bonds. The van der Waals surface area contributed by atoms with Gasteiger partial charge in [0.15, 0.2) is 5.75 Å². The minimum absolute atomic E-state index is 0.255. The quantitative estimate of drug-likeness (QED) is 0.675. The molecule has 142 valence electrons. The third kappa shape index (κ3) is 4.31. The molecule has 0 unspecified atom stereocenters. The Hall–Kier alpha value is -3.34. The number of piperidine rings is 1. The van der Waals surface area contributed by atoms with Crippen LogP contribution in [0.4, 0.5) is 11.4 Å². The molecule has 4 rings (SSSR count). The lowest BCUT2D eigenvalue weighted by atomic mass is 10.1. The normalized spacial score (nSPS) is 13.8. The average molecular weight is 373 g/mol. The largest absolute Gasteiger partial charge is 0.455 e. The third-order valence-corrected chi connectivity index (χ3v) is 4.81. The second kappa shape index (κ2) is 8.57. The Kier molecular flexibility index (Phi) is 5.52. The predicted molar refractivity (Wildman–Crippen MR) is 111 cm³/mol. The van der Waals surface area contributed by atoms with Crippen molar-refractivity contribution in [2.45, 2.75) is 19.3 Å². The monoisotopic (exact) mass is 373 g/mol. The Morgan fingerprint density at radius 2 is 1.64 bits per heavy atom. The summed E-state index contributed by atoms with van der Waals surface area (Å²) in [6.07, 6.45) is 5.49.